The lowest BCUT2D eigenvalue weighted by Gasteiger charge is -2.25. The van der Waals surface area contributed by atoms with Gasteiger partial charge >= 0.3 is 0 Å². The smallest absolute Gasteiger partial charge is 0.251 e. The van der Waals surface area contributed by atoms with Crippen LogP contribution in [-0.2, 0) is 0 Å². The minimum atomic E-state index is -0.211. The maximum Gasteiger partial charge on any atom is 0.251 e. The number of nitrogens with one attached hydrogen (secondary N) is 2. The van der Waals surface area contributed by atoms with E-state index in [4.69, 9.17) is 0 Å². The zero-order chi connectivity index (χ0) is 17.2. The molecule has 132 valence electrons. The molecule has 3 N–H and O–H groups in total. The standard InChI is InChI=1S/C19H24N4O2/c24-16-3-1-2-12(10-16)11-20-19(25)15-8-6-14(7-9-15)18-21-17(22-23-18)13-4-5-13/h6-9,12-13,16,24H,1-5,10-11H2,(H,20,25)(H,21,22,23). The lowest BCUT2D eigenvalue weighted by molar-refractivity contribution is 0.0874. The molecule has 1 aromatic heterocycles. The second-order valence-corrected chi connectivity index (χ2v) is 7.29. The first-order valence-electron chi connectivity index (χ1n) is 9.18. The highest BCUT2D eigenvalue weighted by Crippen LogP contribution is 2.38. The highest BCUT2D eigenvalue weighted by atomic mass is 16.3. The fraction of sp³-hybridized carbons (Fsp3) is 0.526. The van der Waals surface area contributed by atoms with Crippen molar-refractivity contribution in [3.63, 3.8) is 0 Å². The van der Waals surface area contributed by atoms with Crippen LogP contribution in [0.5, 0.6) is 0 Å². The van der Waals surface area contributed by atoms with Gasteiger partial charge < -0.3 is 10.4 Å². The molecule has 2 saturated carbocycles. The second kappa shape index (κ2) is 6.96. The maximum absolute atomic E-state index is 12.3. The number of hydrogen-bond acceptors (Lipinski definition) is 4. The summed E-state index contributed by atoms with van der Waals surface area (Å²) >= 11 is 0. The van der Waals surface area contributed by atoms with Gasteiger partial charge in [0.2, 0.25) is 0 Å². The molecule has 25 heavy (non-hydrogen) atoms. The number of carbonyl (C=O) groups excluding carboxylic acids is 1. The number of nitrogens with zero attached hydrogens (tertiary/aromatic N) is 2. The summed E-state index contributed by atoms with van der Waals surface area (Å²) in [6, 6.07) is 7.40. The maximum atomic E-state index is 12.3. The molecule has 2 unspecified atom stereocenters. The Morgan fingerprint density at radius 3 is 2.72 bits per heavy atom. The van der Waals surface area contributed by atoms with E-state index < -0.39 is 0 Å². The number of benzene rings is 1. The number of hydrogen-bond donors (Lipinski definition) is 3. The Labute approximate surface area is 147 Å². The third kappa shape index (κ3) is 3.90. The molecular formula is C19H24N4O2. The summed E-state index contributed by atoms with van der Waals surface area (Å²) in [4.78, 5) is 16.8. The van der Waals surface area contributed by atoms with Crippen molar-refractivity contribution in [2.24, 2.45) is 5.92 Å². The number of aliphatic hydroxyl groups excluding tert-OH is 1. The predicted octanol–water partition coefficient (Wildman–Crippen LogP) is 2.63. The third-order valence-corrected chi connectivity index (χ3v) is 5.18. The van der Waals surface area contributed by atoms with Crippen LogP contribution in [0.4, 0.5) is 0 Å². The van der Waals surface area contributed by atoms with Gasteiger partial charge in [-0.25, -0.2) is 4.98 Å². The summed E-state index contributed by atoms with van der Waals surface area (Å²) in [5.41, 5.74) is 1.55. The van der Waals surface area contributed by atoms with Gasteiger partial charge in [-0.1, -0.05) is 18.6 Å². The molecule has 1 heterocycles. The van der Waals surface area contributed by atoms with Crippen molar-refractivity contribution in [1.29, 1.82) is 0 Å². The fourth-order valence-corrected chi connectivity index (χ4v) is 3.50. The Hall–Kier alpha value is -2.21. The summed E-state index contributed by atoms with van der Waals surface area (Å²) in [6.07, 6.45) is 5.94. The molecule has 2 aliphatic rings. The van der Waals surface area contributed by atoms with Gasteiger partial charge in [-0.05, 0) is 50.2 Å². The largest absolute Gasteiger partial charge is 0.393 e. The van der Waals surface area contributed by atoms with E-state index in [0.717, 1.165) is 37.1 Å². The number of amides is 1. The summed E-state index contributed by atoms with van der Waals surface area (Å²) in [5.74, 6) is 2.50. The predicted molar refractivity (Wildman–Crippen MR) is 94.1 cm³/mol. The molecule has 6 nitrogen and oxygen atoms in total. The number of rotatable bonds is 5. The molecule has 2 fully saturated rings. The van der Waals surface area contributed by atoms with Crippen molar-refractivity contribution in [2.75, 3.05) is 6.54 Å². The van der Waals surface area contributed by atoms with Crippen LogP contribution in [-0.4, -0.2) is 38.8 Å². The van der Waals surface area contributed by atoms with E-state index in [1.165, 1.54) is 12.8 Å². The van der Waals surface area contributed by atoms with Crippen molar-refractivity contribution in [1.82, 2.24) is 20.5 Å². The van der Waals surface area contributed by atoms with Gasteiger partial charge in [-0.2, -0.15) is 5.10 Å². The van der Waals surface area contributed by atoms with E-state index in [-0.39, 0.29) is 12.0 Å². The molecule has 4 rings (SSSR count). The Bertz CT molecular complexity index is 736. The molecule has 6 heteroatoms. The Morgan fingerprint density at radius 1 is 1.20 bits per heavy atom. The molecule has 2 aromatic rings. The monoisotopic (exact) mass is 340 g/mol. The van der Waals surface area contributed by atoms with E-state index in [9.17, 15) is 9.90 Å². The molecule has 0 bridgehead atoms. The van der Waals surface area contributed by atoms with Crippen LogP contribution >= 0.6 is 0 Å². The Balaban J connectivity index is 1.35. The van der Waals surface area contributed by atoms with Crippen LogP contribution in [0.25, 0.3) is 11.4 Å². The minimum absolute atomic E-state index is 0.0692. The number of aromatic amines is 1. The molecule has 1 amide bonds. The zero-order valence-electron chi connectivity index (χ0n) is 14.2. The normalized spacial score (nSPS) is 23.4. The molecule has 0 spiro atoms. The SMILES string of the molecule is O=C(NCC1CCCC(O)C1)c1ccc(-c2n[nH]c(C3CC3)n2)cc1. The van der Waals surface area contributed by atoms with E-state index in [1.807, 2.05) is 24.3 Å². The van der Waals surface area contributed by atoms with Crippen molar-refractivity contribution in [3.8, 4) is 11.4 Å². The first kappa shape index (κ1) is 16.3. The van der Waals surface area contributed by atoms with Gasteiger partial charge in [0.1, 0.15) is 5.82 Å². The van der Waals surface area contributed by atoms with Crippen molar-refractivity contribution in [3.05, 3.63) is 35.7 Å². The van der Waals surface area contributed by atoms with Crippen molar-refractivity contribution < 1.29 is 9.90 Å². The molecule has 0 saturated heterocycles. The Kier molecular flexibility index (Phi) is 4.53. The van der Waals surface area contributed by atoms with Crippen molar-refractivity contribution in [2.45, 2.75) is 50.5 Å². The molecule has 2 atom stereocenters. The number of H-pyrrole nitrogens is 1. The lowest BCUT2D eigenvalue weighted by atomic mass is 9.87. The second-order valence-electron chi connectivity index (χ2n) is 7.29. The van der Waals surface area contributed by atoms with E-state index in [2.05, 4.69) is 20.5 Å². The van der Waals surface area contributed by atoms with Gasteiger partial charge in [-0.15, -0.1) is 0 Å². The van der Waals surface area contributed by atoms with Gasteiger partial charge in [0.05, 0.1) is 6.10 Å². The molecule has 0 aliphatic heterocycles. The topological polar surface area (TPSA) is 90.9 Å². The number of aliphatic hydroxyl groups is 1. The van der Waals surface area contributed by atoms with E-state index >= 15 is 0 Å². The van der Waals surface area contributed by atoms with Crippen LogP contribution < -0.4 is 5.32 Å². The van der Waals surface area contributed by atoms with Gasteiger partial charge in [0.25, 0.3) is 5.91 Å². The van der Waals surface area contributed by atoms with Gasteiger partial charge in [-0.3, -0.25) is 9.89 Å². The third-order valence-electron chi connectivity index (χ3n) is 5.18. The highest BCUT2D eigenvalue weighted by Gasteiger charge is 2.27. The van der Waals surface area contributed by atoms with Crippen LogP contribution in [0, 0.1) is 5.92 Å². The van der Waals surface area contributed by atoms with E-state index in [0.29, 0.717) is 29.8 Å². The summed E-state index contributed by atoms with van der Waals surface area (Å²) in [5, 5.41) is 20.0. The van der Waals surface area contributed by atoms with Crippen LogP contribution in [0.15, 0.2) is 24.3 Å². The number of carbonyl (C=O) groups is 1. The first-order valence-corrected chi connectivity index (χ1v) is 9.18. The van der Waals surface area contributed by atoms with Gasteiger partial charge in [0.15, 0.2) is 5.82 Å². The van der Waals surface area contributed by atoms with Crippen LogP contribution in [0.2, 0.25) is 0 Å². The summed E-state index contributed by atoms with van der Waals surface area (Å²) in [6.45, 7) is 0.628. The average Bonchev–Trinajstić information content (AvgIpc) is 3.37. The number of aromatic nitrogens is 3. The molecule has 2 aliphatic carbocycles. The first-order chi connectivity index (χ1) is 12.2. The van der Waals surface area contributed by atoms with Crippen LogP contribution in [0.1, 0.15) is 60.6 Å². The van der Waals surface area contributed by atoms with E-state index in [1.54, 1.807) is 0 Å². The summed E-state index contributed by atoms with van der Waals surface area (Å²) in [7, 11) is 0. The zero-order valence-corrected chi connectivity index (χ0v) is 14.2. The lowest BCUT2D eigenvalue weighted by Crippen LogP contribution is -2.32. The molecular weight excluding hydrogens is 316 g/mol. The summed E-state index contributed by atoms with van der Waals surface area (Å²) < 4.78 is 0. The molecule has 0 radical (unpaired) electrons. The minimum Gasteiger partial charge on any atom is -0.393 e. The Morgan fingerprint density at radius 2 is 2.00 bits per heavy atom. The average molecular weight is 340 g/mol. The van der Waals surface area contributed by atoms with Gasteiger partial charge in [0, 0.05) is 23.6 Å². The van der Waals surface area contributed by atoms with Crippen molar-refractivity contribution >= 4 is 5.91 Å². The fourth-order valence-electron chi connectivity index (χ4n) is 3.50. The highest BCUT2D eigenvalue weighted by molar-refractivity contribution is 5.94. The quantitative estimate of drug-likeness (QED) is 0.780. The van der Waals surface area contributed by atoms with Crippen LogP contribution in [0.3, 0.4) is 0 Å². The molecule has 1 aromatic carbocycles.